The number of nitrogens with zero attached hydrogens (tertiary/aromatic N) is 5. The zero-order chi connectivity index (χ0) is 40.5. The molecule has 0 aliphatic rings. The first-order chi connectivity index (χ1) is 30.8. The molecule has 0 aliphatic carbocycles. The van der Waals surface area contributed by atoms with E-state index in [4.69, 9.17) is 9.97 Å². The lowest BCUT2D eigenvalue weighted by molar-refractivity contribution is 0.978. The second kappa shape index (κ2) is 12.7. The van der Waals surface area contributed by atoms with Gasteiger partial charge in [0.25, 0.3) is 0 Å². The minimum atomic E-state index is 0.895. The number of para-hydroxylation sites is 2. The fraction of sp³-hybridized carbons (Fsp3) is 0. The molecule has 0 aliphatic heterocycles. The van der Waals surface area contributed by atoms with Crippen LogP contribution in [0.1, 0.15) is 0 Å². The topological polar surface area (TPSA) is 40.6 Å². The van der Waals surface area contributed by atoms with Crippen LogP contribution in [0.4, 0.5) is 0 Å². The molecule has 14 rings (SSSR count). The van der Waals surface area contributed by atoms with Crippen molar-refractivity contribution in [2.24, 2.45) is 0 Å². The molecule has 288 valence electrons. The van der Waals surface area contributed by atoms with Gasteiger partial charge in [-0.05, 0) is 70.8 Å². The summed E-state index contributed by atoms with van der Waals surface area (Å²) in [5, 5.41) is 12.5. The Morgan fingerprint density at radius 1 is 0.355 bits per heavy atom. The number of pyridine rings is 1. The molecule has 0 atom stereocenters. The highest BCUT2D eigenvalue weighted by atomic mass is 32.1. The molecule has 0 N–H and O–H groups in total. The number of hydrogen-bond acceptors (Lipinski definition) is 3. The second-order valence-corrected chi connectivity index (χ2v) is 17.3. The average molecular weight is 808 g/mol. The maximum absolute atomic E-state index is 5.17. The number of imidazole rings is 1. The van der Waals surface area contributed by atoms with Gasteiger partial charge in [-0.3, -0.25) is 14.1 Å². The Hall–Kier alpha value is -8.06. The van der Waals surface area contributed by atoms with Gasteiger partial charge in [-0.25, -0.2) is 4.98 Å². The molecule has 14 aromatic rings. The van der Waals surface area contributed by atoms with Gasteiger partial charge in [0.15, 0.2) is 0 Å². The van der Waals surface area contributed by atoms with E-state index in [0.29, 0.717) is 0 Å². The molecule has 0 fully saturated rings. The van der Waals surface area contributed by atoms with Gasteiger partial charge >= 0.3 is 0 Å². The lowest BCUT2D eigenvalue weighted by Crippen LogP contribution is -2.05. The van der Waals surface area contributed by atoms with Crippen LogP contribution in [-0.4, -0.2) is 23.7 Å². The monoisotopic (exact) mass is 807 g/mol. The Morgan fingerprint density at radius 2 is 1.02 bits per heavy atom. The Bertz CT molecular complexity index is 4080. The first-order valence-electron chi connectivity index (χ1n) is 21.0. The third-order valence-corrected chi connectivity index (χ3v) is 14.0. The van der Waals surface area contributed by atoms with E-state index >= 15 is 0 Å². The van der Waals surface area contributed by atoms with E-state index in [1.807, 2.05) is 23.7 Å². The van der Waals surface area contributed by atoms with Crippen molar-refractivity contribution in [3.05, 3.63) is 200 Å². The lowest BCUT2D eigenvalue weighted by Gasteiger charge is -2.15. The maximum atomic E-state index is 5.17. The smallest absolute Gasteiger partial charge is 0.146 e. The van der Waals surface area contributed by atoms with Crippen LogP contribution in [0.25, 0.3) is 125 Å². The van der Waals surface area contributed by atoms with Crippen LogP contribution in [-0.2, 0) is 0 Å². The number of thiophene rings is 1. The predicted octanol–water partition coefficient (Wildman–Crippen LogP) is 14.9. The van der Waals surface area contributed by atoms with Gasteiger partial charge < -0.3 is 4.57 Å². The lowest BCUT2D eigenvalue weighted by atomic mass is 9.96. The van der Waals surface area contributed by atoms with E-state index in [1.54, 1.807) is 0 Å². The third kappa shape index (κ3) is 4.67. The van der Waals surface area contributed by atoms with E-state index in [2.05, 4.69) is 202 Å². The van der Waals surface area contributed by atoms with Crippen molar-refractivity contribution in [3.63, 3.8) is 0 Å². The highest BCUT2D eigenvalue weighted by Crippen LogP contribution is 2.50. The van der Waals surface area contributed by atoms with Crippen molar-refractivity contribution in [1.29, 1.82) is 0 Å². The summed E-state index contributed by atoms with van der Waals surface area (Å²) < 4.78 is 9.86. The highest BCUT2D eigenvalue weighted by molar-refractivity contribution is 7.26. The standard InChI is InChI=1S/C56H33N5S/c1-4-14-34(15-5-1)44-29-37-28-39(25-24-36(37)32-57-44)59-47-30-46-52(42-26-27-43-53-41-21-11-13-23-49(41)62-50(53)31-48(59)55(43)54(42)47)40-20-10-12-22-45(40)61(46)51-33-58-56(35-16-6-2-7-17-35)60(51)38-18-8-3-9-19-38/h1-33H. The van der Waals surface area contributed by atoms with Crippen molar-refractivity contribution >= 4 is 96.7 Å². The van der Waals surface area contributed by atoms with Crippen LogP contribution in [0, 0.1) is 0 Å². The summed E-state index contributed by atoms with van der Waals surface area (Å²) >= 11 is 1.88. The molecular formula is C56H33N5S. The molecule has 0 bridgehead atoms. The molecule has 0 amide bonds. The molecule has 5 aromatic heterocycles. The van der Waals surface area contributed by atoms with Crippen LogP contribution >= 0.6 is 11.3 Å². The molecule has 6 heteroatoms. The van der Waals surface area contributed by atoms with Crippen LogP contribution in [0.15, 0.2) is 200 Å². The fourth-order valence-corrected chi connectivity index (χ4v) is 11.4. The summed E-state index contributed by atoms with van der Waals surface area (Å²) in [6, 6.07) is 68.0. The number of rotatable bonds is 5. The van der Waals surface area contributed by atoms with Crippen LogP contribution in [0.2, 0.25) is 0 Å². The molecule has 9 aromatic carbocycles. The minimum Gasteiger partial charge on any atom is -0.309 e. The molecule has 62 heavy (non-hydrogen) atoms. The Balaban J connectivity index is 1.14. The van der Waals surface area contributed by atoms with Crippen LogP contribution < -0.4 is 0 Å². The van der Waals surface area contributed by atoms with Gasteiger partial charge in [0, 0.05) is 75.8 Å². The van der Waals surface area contributed by atoms with Gasteiger partial charge in [0.2, 0.25) is 0 Å². The largest absolute Gasteiger partial charge is 0.309 e. The van der Waals surface area contributed by atoms with E-state index in [1.165, 1.54) is 63.5 Å². The highest BCUT2D eigenvalue weighted by Gasteiger charge is 2.26. The first kappa shape index (κ1) is 33.7. The summed E-state index contributed by atoms with van der Waals surface area (Å²) in [4.78, 5) is 10.0. The SMILES string of the molecule is c1ccc(-c2cc3cc(-n4c5cc6sc7ccccc7c6c6ccc7c8c9ccccc9n(-c9cnc(-c%10ccccc%10)n9-c9ccccc9)c8cc4c7c65)ccc3cn2)cc1. The Labute approximate surface area is 358 Å². The molecule has 0 spiro atoms. The summed E-state index contributed by atoms with van der Waals surface area (Å²) in [6.45, 7) is 0. The second-order valence-electron chi connectivity index (χ2n) is 16.2. The van der Waals surface area contributed by atoms with E-state index < -0.39 is 0 Å². The molecule has 0 unspecified atom stereocenters. The molecule has 0 saturated heterocycles. The van der Waals surface area contributed by atoms with Crippen molar-refractivity contribution in [2.75, 3.05) is 0 Å². The van der Waals surface area contributed by atoms with Gasteiger partial charge in [0.05, 0.1) is 34.0 Å². The number of benzene rings is 9. The predicted molar refractivity (Wildman–Crippen MR) is 260 cm³/mol. The molecule has 5 heterocycles. The molecule has 0 saturated carbocycles. The van der Waals surface area contributed by atoms with Gasteiger partial charge in [-0.1, -0.05) is 133 Å². The summed E-state index contributed by atoms with van der Waals surface area (Å²) in [7, 11) is 0. The maximum Gasteiger partial charge on any atom is 0.146 e. The number of aromatic nitrogens is 5. The quantitative estimate of drug-likeness (QED) is 0.163. The third-order valence-electron chi connectivity index (χ3n) is 12.9. The summed E-state index contributed by atoms with van der Waals surface area (Å²) in [5.74, 6) is 1.88. The molecule has 0 radical (unpaired) electrons. The zero-order valence-corrected chi connectivity index (χ0v) is 34.0. The first-order valence-corrected chi connectivity index (χ1v) is 21.8. The number of fused-ring (bicyclic) bond motifs is 9. The Morgan fingerprint density at radius 3 is 1.82 bits per heavy atom. The minimum absolute atomic E-state index is 0.895. The van der Waals surface area contributed by atoms with Crippen molar-refractivity contribution in [2.45, 2.75) is 0 Å². The van der Waals surface area contributed by atoms with E-state index in [-0.39, 0.29) is 0 Å². The normalized spacial score (nSPS) is 12.2. The van der Waals surface area contributed by atoms with Crippen molar-refractivity contribution in [1.82, 2.24) is 23.7 Å². The van der Waals surface area contributed by atoms with E-state index in [9.17, 15) is 0 Å². The molecular weight excluding hydrogens is 775 g/mol. The van der Waals surface area contributed by atoms with Gasteiger partial charge in [0.1, 0.15) is 11.6 Å². The fourth-order valence-electron chi connectivity index (χ4n) is 10.2. The Kier molecular flexibility index (Phi) is 6.92. The summed E-state index contributed by atoms with van der Waals surface area (Å²) in [6.07, 6.45) is 4.05. The number of hydrogen-bond donors (Lipinski definition) is 0. The summed E-state index contributed by atoms with van der Waals surface area (Å²) in [5.41, 5.74) is 9.95. The van der Waals surface area contributed by atoms with Crippen molar-refractivity contribution in [3.8, 4) is 39.8 Å². The van der Waals surface area contributed by atoms with Crippen LogP contribution in [0.3, 0.4) is 0 Å². The molecule has 5 nitrogen and oxygen atoms in total. The zero-order valence-electron chi connectivity index (χ0n) is 33.2. The van der Waals surface area contributed by atoms with Gasteiger partial charge in [-0.2, -0.15) is 0 Å². The van der Waals surface area contributed by atoms with Gasteiger partial charge in [-0.15, -0.1) is 11.3 Å². The van der Waals surface area contributed by atoms with E-state index in [0.717, 1.165) is 61.6 Å². The van der Waals surface area contributed by atoms with Crippen molar-refractivity contribution < 1.29 is 0 Å². The van der Waals surface area contributed by atoms with Crippen LogP contribution in [0.5, 0.6) is 0 Å². The average Bonchev–Trinajstić information content (AvgIpc) is 4.10.